The minimum Gasteiger partial charge on any atom is -0.493 e. The molecule has 0 aliphatic rings. The molecule has 0 aromatic heterocycles. The van der Waals surface area contributed by atoms with E-state index in [-0.39, 0.29) is 6.10 Å². The zero-order valence-corrected chi connectivity index (χ0v) is 18.0. The Kier molecular flexibility index (Phi) is 6.97. The van der Waals surface area contributed by atoms with Crippen molar-refractivity contribution in [1.29, 1.82) is 0 Å². The second kappa shape index (κ2) is 9.84. The number of hydrazine groups is 1. The molecule has 3 aromatic carbocycles. The maximum absolute atomic E-state index is 12.4. The van der Waals surface area contributed by atoms with E-state index in [1.807, 2.05) is 50.2 Å². The van der Waals surface area contributed by atoms with Gasteiger partial charge in [-0.2, -0.15) is 0 Å². The molecule has 0 spiro atoms. The average molecular weight is 422 g/mol. The van der Waals surface area contributed by atoms with Crippen LogP contribution in [0.15, 0.2) is 60.7 Å². The van der Waals surface area contributed by atoms with Crippen LogP contribution in [0.1, 0.15) is 31.1 Å². The average Bonchev–Trinajstić information content (AvgIpc) is 2.76. The van der Waals surface area contributed by atoms with E-state index >= 15 is 0 Å². The van der Waals surface area contributed by atoms with Crippen molar-refractivity contribution in [1.82, 2.24) is 10.9 Å². The molecule has 0 aliphatic carbocycles. The van der Waals surface area contributed by atoms with Crippen molar-refractivity contribution in [3.63, 3.8) is 0 Å². The first-order valence-electron chi connectivity index (χ1n) is 9.97. The van der Waals surface area contributed by atoms with Gasteiger partial charge in [0.25, 0.3) is 11.8 Å². The first-order valence-corrected chi connectivity index (χ1v) is 9.97. The monoisotopic (exact) mass is 422 g/mol. The normalized spacial score (nSPS) is 11.6. The SMILES string of the molecule is COc1cc(C(=O)NNC(=O)[C@@H](C)Oc2ccc3ccccc3c2)ccc1OC(C)C. The summed E-state index contributed by atoms with van der Waals surface area (Å²) in [5.74, 6) is 0.572. The Morgan fingerprint density at radius 1 is 0.806 bits per heavy atom. The Hall–Kier alpha value is -3.74. The van der Waals surface area contributed by atoms with Gasteiger partial charge < -0.3 is 14.2 Å². The highest BCUT2D eigenvalue weighted by Crippen LogP contribution is 2.29. The summed E-state index contributed by atoms with van der Waals surface area (Å²) in [5, 5.41) is 2.10. The van der Waals surface area contributed by atoms with Crippen LogP contribution in [-0.2, 0) is 4.79 Å². The number of rotatable bonds is 7. The molecule has 3 aromatic rings. The Labute approximate surface area is 181 Å². The molecule has 0 unspecified atom stereocenters. The van der Waals surface area contributed by atoms with Crippen molar-refractivity contribution in [2.45, 2.75) is 33.0 Å². The minimum absolute atomic E-state index is 0.0306. The van der Waals surface area contributed by atoms with E-state index in [1.54, 1.807) is 31.2 Å². The van der Waals surface area contributed by atoms with Crippen LogP contribution in [0, 0.1) is 0 Å². The standard InChI is InChI=1S/C24H26N2O5/c1-15(2)30-21-12-10-19(14-22(21)29-4)24(28)26-25-23(27)16(3)31-20-11-9-17-7-5-6-8-18(17)13-20/h5-16H,1-4H3,(H,25,27)(H,26,28)/t16-/m1/s1. The molecule has 1 atom stereocenters. The molecule has 0 bridgehead atoms. The molecular weight excluding hydrogens is 396 g/mol. The van der Waals surface area contributed by atoms with E-state index in [2.05, 4.69) is 10.9 Å². The van der Waals surface area contributed by atoms with Crippen LogP contribution in [-0.4, -0.2) is 31.1 Å². The van der Waals surface area contributed by atoms with Crippen molar-refractivity contribution < 1.29 is 23.8 Å². The number of carbonyl (C=O) groups is 2. The summed E-state index contributed by atoms with van der Waals surface area (Å²) in [6, 6.07) is 18.3. The first kappa shape index (κ1) is 22.0. The molecule has 0 heterocycles. The fraction of sp³-hybridized carbons (Fsp3) is 0.250. The fourth-order valence-electron chi connectivity index (χ4n) is 2.95. The highest BCUT2D eigenvalue weighted by atomic mass is 16.5. The molecule has 0 aliphatic heterocycles. The smallest absolute Gasteiger partial charge is 0.279 e. The quantitative estimate of drug-likeness (QED) is 0.565. The molecule has 7 heteroatoms. The van der Waals surface area contributed by atoms with Gasteiger partial charge in [0.1, 0.15) is 5.75 Å². The molecule has 162 valence electrons. The number of fused-ring (bicyclic) bond motifs is 1. The topological polar surface area (TPSA) is 85.9 Å². The van der Waals surface area contributed by atoms with Gasteiger partial charge in [0, 0.05) is 5.56 Å². The van der Waals surface area contributed by atoms with E-state index in [0.29, 0.717) is 22.8 Å². The van der Waals surface area contributed by atoms with Crippen LogP contribution in [0.4, 0.5) is 0 Å². The van der Waals surface area contributed by atoms with Crippen LogP contribution < -0.4 is 25.1 Å². The summed E-state index contributed by atoms with van der Waals surface area (Å²) in [6.07, 6.45) is -0.838. The molecule has 2 N–H and O–H groups in total. The maximum Gasteiger partial charge on any atom is 0.279 e. The first-order chi connectivity index (χ1) is 14.9. The molecule has 31 heavy (non-hydrogen) atoms. The van der Waals surface area contributed by atoms with E-state index in [1.165, 1.54) is 7.11 Å². The van der Waals surface area contributed by atoms with Crippen LogP contribution in [0.2, 0.25) is 0 Å². The molecule has 0 saturated heterocycles. The van der Waals surface area contributed by atoms with Crippen LogP contribution >= 0.6 is 0 Å². The number of ether oxygens (including phenoxy) is 3. The van der Waals surface area contributed by atoms with Gasteiger partial charge >= 0.3 is 0 Å². The van der Waals surface area contributed by atoms with Gasteiger partial charge in [0.2, 0.25) is 0 Å². The van der Waals surface area contributed by atoms with Crippen LogP contribution in [0.5, 0.6) is 17.2 Å². The third-order valence-electron chi connectivity index (χ3n) is 4.49. The van der Waals surface area contributed by atoms with E-state index in [4.69, 9.17) is 14.2 Å². The van der Waals surface area contributed by atoms with Crippen LogP contribution in [0.25, 0.3) is 10.8 Å². The number of hydrogen-bond donors (Lipinski definition) is 2. The largest absolute Gasteiger partial charge is 0.493 e. The summed E-state index contributed by atoms with van der Waals surface area (Å²) in [6.45, 7) is 5.41. The van der Waals surface area contributed by atoms with Crippen LogP contribution in [0.3, 0.4) is 0 Å². The third kappa shape index (κ3) is 5.66. The predicted octanol–water partition coefficient (Wildman–Crippen LogP) is 3.86. The second-order valence-corrected chi connectivity index (χ2v) is 7.24. The summed E-state index contributed by atoms with van der Waals surface area (Å²) in [5.41, 5.74) is 5.09. The number of methoxy groups -OCH3 is 1. The van der Waals surface area contributed by atoms with E-state index < -0.39 is 17.9 Å². The number of benzene rings is 3. The highest BCUT2D eigenvalue weighted by Gasteiger charge is 2.17. The fourth-order valence-corrected chi connectivity index (χ4v) is 2.95. The van der Waals surface area contributed by atoms with Gasteiger partial charge in [-0.05, 0) is 61.9 Å². The predicted molar refractivity (Wildman–Crippen MR) is 118 cm³/mol. The lowest BCUT2D eigenvalue weighted by atomic mass is 10.1. The number of amides is 2. The van der Waals surface area contributed by atoms with Gasteiger partial charge in [-0.25, -0.2) is 0 Å². The van der Waals surface area contributed by atoms with Gasteiger partial charge in [-0.3, -0.25) is 20.4 Å². The summed E-state index contributed by atoms with van der Waals surface area (Å²) in [4.78, 5) is 24.8. The number of nitrogens with one attached hydrogen (secondary N) is 2. The van der Waals surface area contributed by atoms with Gasteiger partial charge in [0.05, 0.1) is 13.2 Å². The Balaban J connectivity index is 1.58. The molecule has 3 rings (SSSR count). The number of carbonyl (C=O) groups excluding carboxylic acids is 2. The molecule has 7 nitrogen and oxygen atoms in total. The highest BCUT2D eigenvalue weighted by molar-refractivity contribution is 5.96. The lowest BCUT2D eigenvalue weighted by Crippen LogP contribution is -2.47. The van der Waals surface area contributed by atoms with E-state index in [9.17, 15) is 9.59 Å². The third-order valence-corrected chi connectivity index (χ3v) is 4.49. The molecule has 0 fully saturated rings. The zero-order valence-electron chi connectivity index (χ0n) is 18.0. The van der Waals surface area contributed by atoms with Gasteiger partial charge in [-0.1, -0.05) is 30.3 Å². The molecular formula is C24H26N2O5. The van der Waals surface area contributed by atoms with E-state index in [0.717, 1.165) is 10.8 Å². The Morgan fingerprint density at radius 3 is 2.26 bits per heavy atom. The summed E-state index contributed by atoms with van der Waals surface area (Å²) >= 11 is 0. The Bertz CT molecular complexity index is 1080. The second-order valence-electron chi connectivity index (χ2n) is 7.24. The van der Waals surface area contributed by atoms with Crippen molar-refractivity contribution >= 4 is 22.6 Å². The maximum atomic E-state index is 12.4. The van der Waals surface area contributed by atoms with Crippen molar-refractivity contribution in [3.8, 4) is 17.2 Å². The molecule has 2 amide bonds. The molecule has 0 radical (unpaired) electrons. The van der Waals surface area contributed by atoms with Crippen molar-refractivity contribution in [3.05, 3.63) is 66.2 Å². The number of hydrogen-bond acceptors (Lipinski definition) is 5. The summed E-state index contributed by atoms with van der Waals surface area (Å²) < 4.78 is 16.6. The van der Waals surface area contributed by atoms with Gasteiger partial charge in [0.15, 0.2) is 17.6 Å². The lowest BCUT2D eigenvalue weighted by Gasteiger charge is -2.16. The minimum atomic E-state index is -0.808. The van der Waals surface area contributed by atoms with Crippen molar-refractivity contribution in [2.24, 2.45) is 0 Å². The zero-order chi connectivity index (χ0) is 22.4. The lowest BCUT2D eigenvalue weighted by molar-refractivity contribution is -0.128. The van der Waals surface area contributed by atoms with Gasteiger partial charge in [-0.15, -0.1) is 0 Å². The van der Waals surface area contributed by atoms with Crippen molar-refractivity contribution in [2.75, 3.05) is 7.11 Å². The Morgan fingerprint density at radius 2 is 1.55 bits per heavy atom. The molecule has 0 saturated carbocycles. The summed E-state index contributed by atoms with van der Waals surface area (Å²) in [7, 11) is 1.50.